The van der Waals surface area contributed by atoms with Gasteiger partial charge in [-0.3, -0.25) is 4.79 Å². The van der Waals surface area contributed by atoms with Gasteiger partial charge in [0.15, 0.2) is 17.3 Å². The number of ether oxygens (including phenoxy) is 2. The van der Waals surface area contributed by atoms with Gasteiger partial charge in [-0.25, -0.2) is 4.79 Å². The molecule has 148 valence electrons. The van der Waals surface area contributed by atoms with Gasteiger partial charge in [-0.2, -0.15) is 0 Å². The molecule has 1 aliphatic rings. The van der Waals surface area contributed by atoms with Gasteiger partial charge in [-0.1, -0.05) is 0 Å². The predicted molar refractivity (Wildman–Crippen MR) is 109 cm³/mol. The van der Waals surface area contributed by atoms with E-state index >= 15 is 0 Å². The third kappa shape index (κ3) is 4.36. The highest BCUT2D eigenvalue weighted by molar-refractivity contribution is 5.95. The van der Waals surface area contributed by atoms with Crippen LogP contribution in [0.1, 0.15) is 17.3 Å². The van der Waals surface area contributed by atoms with Crippen LogP contribution < -0.4 is 19.7 Å². The number of nitrogens with zero attached hydrogens (tertiary/aromatic N) is 2. The number of ketones is 1. The fourth-order valence-corrected chi connectivity index (χ4v) is 3.18. The molecule has 0 unspecified atom stereocenters. The first-order valence-electron chi connectivity index (χ1n) is 9.15. The minimum Gasteiger partial charge on any atom is -0.493 e. The van der Waals surface area contributed by atoms with E-state index < -0.39 is 0 Å². The highest BCUT2D eigenvalue weighted by Gasteiger charge is 2.22. The Balaban J connectivity index is 1.57. The summed E-state index contributed by atoms with van der Waals surface area (Å²) >= 11 is 0. The van der Waals surface area contributed by atoms with Gasteiger partial charge in [0, 0.05) is 49.2 Å². The van der Waals surface area contributed by atoms with Crippen LogP contribution in [-0.2, 0) is 0 Å². The molecule has 1 N–H and O–H groups in total. The van der Waals surface area contributed by atoms with Crippen molar-refractivity contribution in [1.82, 2.24) is 4.90 Å². The highest BCUT2D eigenvalue weighted by atomic mass is 16.5. The summed E-state index contributed by atoms with van der Waals surface area (Å²) in [5, 5.41) is 2.89. The molecule has 2 aromatic carbocycles. The second kappa shape index (κ2) is 8.65. The van der Waals surface area contributed by atoms with E-state index in [2.05, 4.69) is 10.2 Å². The van der Waals surface area contributed by atoms with Crippen molar-refractivity contribution in [2.75, 3.05) is 50.6 Å². The van der Waals surface area contributed by atoms with E-state index in [1.807, 2.05) is 18.2 Å². The van der Waals surface area contributed by atoms with Gasteiger partial charge in [0.05, 0.1) is 14.2 Å². The number of methoxy groups -OCH3 is 2. The highest BCUT2D eigenvalue weighted by Crippen LogP contribution is 2.31. The third-order valence-corrected chi connectivity index (χ3v) is 4.84. The molecule has 7 nitrogen and oxygen atoms in total. The van der Waals surface area contributed by atoms with Crippen molar-refractivity contribution in [3.05, 3.63) is 48.0 Å². The van der Waals surface area contributed by atoms with Gasteiger partial charge in [-0.05, 0) is 43.3 Å². The minimum atomic E-state index is -0.137. The van der Waals surface area contributed by atoms with E-state index in [9.17, 15) is 9.59 Å². The van der Waals surface area contributed by atoms with E-state index in [0.717, 1.165) is 18.8 Å². The summed E-state index contributed by atoms with van der Waals surface area (Å²) in [6.07, 6.45) is 0. The molecule has 1 heterocycles. The van der Waals surface area contributed by atoms with E-state index in [1.54, 1.807) is 43.4 Å². The SMILES string of the molecule is COc1ccc(N2CCN(C(=O)Nc3ccc(C(C)=O)cc3)CC2)cc1OC. The molecule has 1 fully saturated rings. The quantitative estimate of drug-likeness (QED) is 0.803. The molecule has 0 atom stereocenters. The van der Waals surface area contributed by atoms with Crippen molar-refractivity contribution in [1.29, 1.82) is 0 Å². The van der Waals surface area contributed by atoms with Crippen LogP contribution in [-0.4, -0.2) is 57.1 Å². The summed E-state index contributed by atoms with van der Waals surface area (Å²) < 4.78 is 10.6. The Bertz CT molecular complexity index is 843. The Kier molecular flexibility index (Phi) is 6.03. The smallest absolute Gasteiger partial charge is 0.321 e. The molecular weight excluding hydrogens is 358 g/mol. The van der Waals surface area contributed by atoms with Crippen LogP contribution in [0.5, 0.6) is 11.5 Å². The molecule has 7 heteroatoms. The Morgan fingerprint density at radius 3 is 2.11 bits per heavy atom. The Hall–Kier alpha value is -3.22. The number of anilines is 2. The molecule has 0 saturated carbocycles. The third-order valence-electron chi connectivity index (χ3n) is 4.84. The van der Waals surface area contributed by atoms with Gasteiger partial charge in [-0.15, -0.1) is 0 Å². The average molecular weight is 383 g/mol. The summed E-state index contributed by atoms with van der Waals surface area (Å²) in [5.41, 5.74) is 2.34. The molecule has 0 radical (unpaired) electrons. The molecule has 2 aromatic rings. The van der Waals surface area contributed by atoms with Gasteiger partial charge < -0.3 is 24.6 Å². The summed E-state index contributed by atoms with van der Waals surface area (Å²) in [5.74, 6) is 1.39. The van der Waals surface area contributed by atoms with E-state index in [1.165, 1.54) is 6.92 Å². The number of carbonyl (C=O) groups excluding carboxylic acids is 2. The molecule has 28 heavy (non-hydrogen) atoms. The van der Waals surface area contributed by atoms with Crippen molar-refractivity contribution in [3.63, 3.8) is 0 Å². The monoisotopic (exact) mass is 383 g/mol. The number of carbonyl (C=O) groups is 2. The lowest BCUT2D eigenvalue weighted by molar-refractivity contribution is 0.101. The second-order valence-corrected chi connectivity index (χ2v) is 6.58. The molecule has 2 amide bonds. The summed E-state index contributed by atoms with van der Waals surface area (Å²) in [6, 6.07) is 12.6. The molecule has 1 aliphatic heterocycles. The summed E-state index contributed by atoms with van der Waals surface area (Å²) in [6.45, 7) is 4.21. The molecule has 0 aliphatic carbocycles. The number of piperazine rings is 1. The van der Waals surface area contributed by atoms with Crippen LogP contribution in [0.4, 0.5) is 16.2 Å². The fourth-order valence-electron chi connectivity index (χ4n) is 3.18. The van der Waals surface area contributed by atoms with Crippen LogP contribution in [0.3, 0.4) is 0 Å². The fraction of sp³-hybridized carbons (Fsp3) is 0.333. The molecular formula is C21H25N3O4. The Morgan fingerprint density at radius 2 is 1.54 bits per heavy atom. The van der Waals surface area contributed by atoms with Crippen molar-refractivity contribution < 1.29 is 19.1 Å². The maximum absolute atomic E-state index is 12.5. The zero-order valence-corrected chi connectivity index (χ0v) is 16.4. The van der Waals surface area contributed by atoms with E-state index in [4.69, 9.17) is 9.47 Å². The lowest BCUT2D eigenvalue weighted by atomic mass is 10.1. The maximum atomic E-state index is 12.5. The number of hydrogen-bond donors (Lipinski definition) is 1. The Labute approximate surface area is 164 Å². The number of urea groups is 1. The number of amides is 2. The van der Waals surface area contributed by atoms with Crippen LogP contribution >= 0.6 is 0 Å². The van der Waals surface area contributed by atoms with Gasteiger partial charge in [0.25, 0.3) is 0 Å². The van der Waals surface area contributed by atoms with Crippen LogP contribution in [0, 0.1) is 0 Å². The van der Waals surface area contributed by atoms with E-state index in [-0.39, 0.29) is 11.8 Å². The van der Waals surface area contributed by atoms with Crippen molar-refractivity contribution in [2.45, 2.75) is 6.92 Å². The van der Waals surface area contributed by atoms with Gasteiger partial charge in [0.2, 0.25) is 0 Å². The van der Waals surface area contributed by atoms with Gasteiger partial charge >= 0.3 is 6.03 Å². The normalized spacial score (nSPS) is 13.8. The van der Waals surface area contributed by atoms with Crippen molar-refractivity contribution in [3.8, 4) is 11.5 Å². The first-order chi connectivity index (χ1) is 13.5. The average Bonchev–Trinajstić information content (AvgIpc) is 2.73. The number of benzene rings is 2. The lowest BCUT2D eigenvalue weighted by Gasteiger charge is -2.36. The molecule has 1 saturated heterocycles. The van der Waals surface area contributed by atoms with Crippen LogP contribution in [0.2, 0.25) is 0 Å². The molecule has 0 aromatic heterocycles. The summed E-state index contributed by atoms with van der Waals surface area (Å²) in [7, 11) is 3.23. The number of hydrogen-bond acceptors (Lipinski definition) is 5. The largest absolute Gasteiger partial charge is 0.493 e. The van der Waals surface area contributed by atoms with E-state index in [0.29, 0.717) is 35.8 Å². The molecule has 3 rings (SSSR count). The molecule has 0 spiro atoms. The molecule has 0 bridgehead atoms. The number of Topliss-reactive ketones (excluding diaryl/α,β-unsaturated/α-hetero) is 1. The van der Waals surface area contributed by atoms with Crippen LogP contribution in [0.15, 0.2) is 42.5 Å². The standard InChI is InChI=1S/C21H25N3O4/c1-15(25)16-4-6-17(7-5-16)22-21(26)24-12-10-23(11-13-24)18-8-9-19(27-2)20(14-18)28-3/h4-9,14H,10-13H2,1-3H3,(H,22,26). The van der Waals surface area contributed by atoms with Crippen molar-refractivity contribution in [2.24, 2.45) is 0 Å². The zero-order valence-electron chi connectivity index (χ0n) is 16.4. The minimum absolute atomic E-state index is 0.00385. The predicted octanol–water partition coefficient (Wildman–Crippen LogP) is 3.26. The van der Waals surface area contributed by atoms with Crippen LogP contribution in [0.25, 0.3) is 0 Å². The topological polar surface area (TPSA) is 71.1 Å². The number of rotatable bonds is 5. The van der Waals surface area contributed by atoms with Crippen molar-refractivity contribution >= 4 is 23.2 Å². The second-order valence-electron chi connectivity index (χ2n) is 6.58. The summed E-state index contributed by atoms with van der Waals surface area (Å²) in [4.78, 5) is 27.8. The number of nitrogens with one attached hydrogen (secondary N) is 1. The maximum Gasteiger partial charge on any atom is 0.321 e. The lowest BCUT2D eigenvalue weighted by Crippen LogP contribution is -2.50. The Morgan fingerprint density at radius 1 is 0.893 bits per heavy atom. The van der Waals surface area contributed by atoms with Gasteiger partial charge in [0.1, 0.15) is 0 Å². The first-order valence-corrected chi connectivity index (χ1v) is 9.15. The first kappa shape index (κ1) is 19.5. The zero-order chi connectivity index (χ0) is 20.1.